The van der Waals surface area contributed by atoms with Gasteiger partial charge in [0.2, 0.25) is 0 Å². The van der Waals surface area contributed by atoms with Crippen LogP contribution in [0.15, 0.2) is 18.2 Å². The molecule has 3 N–H and O–H groups in total. The highest BCUT2D eigenvalue weighted by atomic mass is 35.5. The van der Waals surface area contributed by atoms with Crippen molar-refractivity contribution < 1.29 is 5.11 Å². The van der Waals surface area contributed by atoms with Gasteiger partial charge in [-0.05, 0) is 36.5 Å². The number of nitrogens with two attached hydrogens (primary N) is 1. The van der Waals surface area contributed by atoms with E-state index in [2.05, 4.69) is 13.8 Å². The van der Waals surface area contributed by atoms with E-state index >= 15 is 0 Å². The van der Waals surface area contributed by atoms with Gasteiger partial charge in [0.05, 0.1) is 16.7 Å². The second-order valence-corrected chi connectivity index (χ2v) is 6.20. The van der Waals surface area contributed by atoms with E-state index in [-0.39, 0.29) is 12.0 Å². The first kappa shape index (κ1) is 15.8. The van der Waals surface area contributed by atoms with Crippen molar-refractivity contribution in [1.82, 2.24) is 0 Å². The lowest BCUT2D eigenvalue weighted by Crippen LogP contribution is -2.37. The molecule has 0 heterocycles. The second kappa shape index (κ2) is 6.76. The standard InChI is InChI=1S/C14H21Cl2NO/c1-10(2)6-14(8-17,9-18)7-11-3-4-12(15)13(16)5-11/h3-5,10,18H,6-9,17H2,1-2H3. The molecule has 1 aromatic carbocycles. The van der Waals surface area contributed by atoms with Crippen LogP contribution in [0.1, 0.15) is 25.8 Å². The zero-order valence-electron chi connectivity index (χ0n) is 10.9. The van der Waals surface area contributed by atoms with Crippen LogP contribution in [0, 0.1) is 11.3 Å². The average molecular weight is 290 g/mol. The highest BCUT2D eigenvalue weighted by Gasteiger charge is 2.29. The molecule has 0 aliphatic heterocycles. The van der Waals surface area contributed by atoms with Crippen LogP contribution in [0.5, 0.6) is 0 Å². The van der Waals surface area contributed by atoms with Gasteiger partial charge >= 0.3 is 0 Å². The molecule has 102 valence electrons. The van der Waals surface area contributed by atoms with Crippen LogP contribution in [0.3, 0.4) is 0 Å². The monoisotopic (exact) mass is 289 g/mol. The van der Waals surface area contributed by atoms with Crippen molar-refractivity contribution in [2.75, 3.05) is 13.2 Å². The molecule has 1 rings (SSSR count). The molecule has 1 unspecified atom stereocenters. The Kier molecular flexibility index (Phi) is 5.93. The summed E-state index contributed by atoms with van der Waals surface area (Å²) in [6, 6.07) is 5.58. The summed E-state index contributed by atoms with van der Waals surface area (Å²) in [6.45, 7) is 4.81. The summed E-state index contributed by atoms with van der Waals surface area (Å²) in [5.74, 6) is 0.489. The van der Waals surface area contributed by atoms with Crippen LogP contribution < -0.4 is 5.73 Å². The van der Waals surface area contributed by atoms with Crippen molar-refractivity contribution in [3.05, 3.63) is 33.8 Å². The zero-order valence-corrected chi connectivity index (χ0v) is 12.4. The molecule has 0 saturated carbocycles. The van der Waals surface area contributed by atoms with Gasteiger partial charge in [-0.2, -0.15) is 0 Å². The summed E-state index contributed by atoms with van der Waals surface area (Å²) >= 11 is 11.9. The fourth-order valence-electron chi connectivity index (χ4n) is 2.36. The van der Waals surface area contributed by atoms with Crippen molar-refractivity contribution in [1.29, 1.82) is 0 Å². The van der Waals surface area contributed by atoms with E-state index < -0.39 is 0 Å². The molecule has 4 heteroatoms. The predicted molar refractivity (Wildman–Crippen MR) is 78.2 cm³/mol. The maximum absolute atomic E-state index is 9.67. The normalized spacial score (nSPS) is 14.8. The molecular formula is C14H21Cl2NO. The van der Waals surface area contributed by atoms with Gasteiger partial charge in [0.15, 0.2) is 0 Å². The molecule has 0 amide bonds. The van der Waals surface area contributed by atoms with E-state index in [9.17, 15) is 5.11 Å². The van der Waals surface area contributed by atoms with E-state index in [0.717, 1.165) is 18.4 Å². The van der Waals surface area contributed by atoms with Crippen LogP contribution in [0.2, 0.25) is 10.0 Å². The van der Waals surface area contributed by atoms with Crippen LogP contribution in [0.4, 0.5) is 0 Å². The van der Waals surface area contributed by atoms with Gasteiger partial charge in [-0.25, -0.2) is 0 Å². The predicted octanol–water partition coefficient (Wildman–Crippen LogP) is 3.52. The molecule has 0 radical (unpaired) electrons. The maximum atomic E-state index is 9.67. The minimum absolute atomic E-state index is 0.0852. The van der Waals surface area contributed by atoms with E-state index in [1.54, 1.807) is 6.07 Å². The highest BCUT2D eigenvalue weighted by molar-refractivity contribution is 6.42. The first-order valence-electron chi connectivity index (χ1n) is 6.17. The number of hydrogen-bond donors (Lipinski definition) is 2. The average Bonchev–Trinajstić information content (AvgIpc) is 2.32. The number of rotatable bonds is 6. The zero-order chi connectivity index (χ0) is 13.8. The minimum atomic E-state index is -0.272. The van der Waals surface area contributed by atoms with Crippen LogP contribution in [-0.2, 0) is 6.42 Å². The summed E-state index contributed by atoms with van der Waals surface area (Å²) in [6.07, 6.45) is 1.61. The van der Waals surface area contributed by atoms with Crippen LogP contribution in [0.25, 0.3) is 0 Å². The smallest absolute Gasteiger partial charge is 0.0595 e. The van der Waals surface area contributed by atoms with Gasteiger partial charge in [-0.15, -0.1) is 0 Å². The molecule has 1 aromatic rings. The fourth-order valence-corrected chi connectivity index (χ4v) is 2.68. The molecule has 0 bridgehead atoms. The lowest BCUT2D eigenvalue weighted by Gasteiger charge is -2.32. The Morgan fingerprint density at radius 3 is 2.39 bits per heavy atom. The maximum Gasteiger partial charge on any atom is 0.0595 e. The lowest BCUT2D eigenvalue weighted by atomic mass is 9.76. The third-order valence-electron chi connectivity index (χ3n) is 3.17. The highest BCUT2D eigenvalue weighted by Crippen LogP contribution is 2.31. The summed E-state index contributed by atoms with van der Waals surface area (Å²) in [5.41, 5.74) is 6.65. The largest absolute Gasteiger partial charge is 0.396 e. The molecule has 0 spiro atoms. The number of hydrogen-bond acceptors (Lipinski definition) is 2. The first-order chi connectivity index (χ1) is 8.42. The van der Waals surface area contributed by atoms with Crippen molar-refractivity contribution in [3.8, 4) is 0 Å². The van der Waals surface area contributed by atoms with E-state index in [1.165, 1.54) is 0 Å². The summed E-state index contributed by atoms with van der Waals surface area (Å²) < 4.78 is 0. The Labute approximate surface area is 119 Å². The molecule has 0 aliphatic rings. The Bertz CT molecular complexity index is 389. The third kappa shape index (κ3) is 4.13. The SMILES string of the molecule is CC(C)CC(CN)(CO)Cc1ccc(Cl)c(Cl)c1. The van der Waals surface area contributed by atoms with E-state index in [0.29, 0.717) is 22.5 Å². The second-order valence-electron chi connectivity index (χ2n) is 5.39. The lowest BCUT2D eigenvalue weighted by molar-refractivity contribution is 0.108. The summed E-state index contributed by atoms with van der Waals surface area (Å²) in [5, 5.41) is 10.8. The van der Waals surface area contributed by atoms with Crippen LogP contribution in [-0.4, -0.2) is 18.3 Å². The van der Waals surface area contributed by atoms with Crippen molar-refractivity contribution in [3.63, 3.8) is 0 Å². The Morgan fingerprint density at radius 2 is 1.94 bits per heavy atom. The summed E-state index contributed by atoms with van der Waals surface area (Å²) in [4.78, 5) is 0. The van der Waals surface area contributed by atoms with Gasteiger partial charge in [0.1, 0.15) is 0 Å². The number of aliphatic hydroxyl groups is 1. The van der Waals surface area contributed by atoms with E-state index in [4.69, 9.17) is 28.9 Å². The van der Waals surface area contributed by atoms with Crippen LogP contribution >= 0.6 is 23.2 Å². The van der Waals surface area contributed by atoms with Gasteiger partial charge in [-0.3, -0.25) is 0 Å². The summed E-state index contributed by atoms with van der Waals surface area (Å²) in [7, 11) is 0. The van der Waals surface area contributed by atoms with Crippen molar-refractivity contribution in [2.45, 2.75) is 26.7 Å². The van der Waals surface area contributed by atoms with Crippen molar-refractivity contribution >= 4 is 23.2 Å². The molecule has 1 atom stereocenters. The minimum Gasteiger partial charge on any atom is -0.396 e. The molecule has 0 fully saturated rings. The van der Waals surface area contributed by atoms with Gasteiger partial charge in [0.25, 0.3) is 0 Å². The third-order valence-corrected chi connectivity index (χ3v) is 3.91. The fraction of sp³-hybridized carbons (Fsp3) is 0.571. The quantitative estimate of drug-likeness (QED) is 0.842. The Hall–Kier alpha value is -0.280. The molecule has 0 aromatic heterocycles. The number of aliphatic hydroxyl groups excluding tert-OH is 1. The molecular weight excluding hydrogens is 269 g/mol. The van der Waals surface area contributed by atoms with E-state index in [1.807, 2.05) is 12.1 Å². The number of halogens is 2. The topological polar surface area (TPSA) is 46.2 Å². The molecule has 0 saturated heterocycles. The molecule has 2 nitrogen and oxygen atoms in total. The Balaban J connectivity index is 2.92. The first-order valence-corrected chi connectivity index (χ1v) is 6.93. The number of benzene rings is 1. The van der Waals surface area contributed by atoms with Gasteiger partial charge in [0, 0.05) is 12.0 Å². The molecule has 18 heavy (non-hydrogen) atoms. The van der Waals surface area contributed by atoms with Gasteiger partial charge < -0.3 is 10.8 Å². The van der Waals surface area contributed by atoms with Crippen molar-refractivity contribution in [2.24, 2.45) is 17.1 Å². The molecule has 0 aliphatic carbocycles. The Morgan fingerprint density at radius 1 is 1.28 bits per heavy atom. The van der Waals surface area contributed by atoms with Gasteiger partial charge in [-0.1, -0.05) is 43.1 Å².